The first kappa shape index (κ1) is 19.3. The smallest absolute Gasteiger partial charge is 0.283 e. The molecule has 1 fully saturated rings. The Balaban J connectivity index is 1.80. The second-order valence-corrected chi connectivity index (χ2v) is 8.45. The molecule has 1 aromatic carbocycles. The Labute approximate surface area is 174 Å². The topological polar surface area (TPSA) is 111 Å². The summed E-state index contributed by atoms with van der Waals surface area (Å²) >= 11 is 2.37. The molecule has 3 heterocycles. The molecule has 0 saturated carbocycles. The number of nitrogens with two attached hydrogens (primary N) is 1. The molecule has 2 amide bonds. The predicted molar refractivity (Wildman–Crippen MR) is 114 cm³/mol. The molecule has 0 aliphatic carbocycles. The van der Waals surface area contributed by atoms with Gasteiger partial charge in [0.1, 0.15) is 10.7 Å². The standard InChI is InChI=1S/C19H17N5O3S2/c1-10-14-17(29-15(10)16(20)26)21-11(2)24(18(14)27)22-19-23(13(25)9-28-19)8-12-6-4-3-5-7-12/h3-7H,8-9H2,1-2H3,(H2,20,26)/b22-19-. The Morgan fingerprint density at radius 2 is 1.97 bits per heavy atom. The molecule has 29 heavy (non-hydrogen) atoms. The number of aryl methyl sites for hydroxylation is 2. The Morgan fingerprint density at radius 1 is 1.24 bits per heavy atom. The molecule has 0 radical (unpaired) electrons. The van der Waals surface area contributed by atoms with Crippen LogP contribution in [0.25, 0.3) is 10.2 Å². The second-order valence-electron chi connectivity index (χ2n) is 6.51. The van der Waals surface area contributed by atoms with E-state index in [0.717, 1.165) is 16.9 Å². The molecule has 1 saturated heterocycles. The van der Waals surface area contributed by atoms with E-state index in [1.807, 2.05) is 30.3 Å². The highest BCUT2D eigenvalue weighted by Gasteiger charge is 2.29. The van der Waals surface area contributed by atoms with Crippen LogP contribution in [0.15, 0.2) is 40.2 Å². The molecule has 2 N–H and O–H groups in total. The molecule has 3 aromatic rings. The monoisotopic (exact) mass is 427 g/mol. The van der Waals surface area contributed by atoms with Crippen molar-refractivity contribution in [2.24, 2.45) is 10.8 Å². The molecule has 1 aliphatic rings. The Kier molecular flexibility index (Phi) is 4.97. The van der Waals surface area contributed by atoms with Crippen LogP contribution in [0.3, 0.4) is 0 Å². The Bertz CT molecular complexity index is 1230. The van der Waals surface area contributed by atoms with E-state index < -0.39 is 5.91 Å². The van der Waals surface area contributed by atoms with Gasteiger partial charge in [-0.3, -0.25) is 19.3 Å². The first-order chi connectivity index (χ1) is 13.9. The maximum absolute atomic E-state index is 13.1. The van der Waals surface area contributed by atoms with Gasteiger partial charge in [-0.05, 0) is 25.0 Å². The molecule has 1 aliphatic heterocycles. The summed E-state index contributed by atoms with van der Waals surface area (Å²) in [5.74, 6) is -0.0309. The number of rotatable bonds is 4. The molecule has 0 spiro atoms. The molecule has 0 unspecified atom stereocenters. The number of thiophene rings is 1. The van der Waals surface area contributed by atoms with Gasteiger partial charge in [0.15, 0.2) is 5.17 Å². The van der Waals surface area contributed by atoms with Crippen molar-refractivity contribution >= 4 is 50.3 Å². The van der Waals surface area contributed by atoms with E-state index in [1.54, 1.807) is 18.7 Å². The number of carbonyl (C=O) groups is 2. The Morgan fingerprint density at radius 3 is 2.66 bits per heavy atom. The van der Waals surface area contributed by atoms with Crippen molar-refractivity contribution in [2.45, 2.75) is 20.4 Å². The Hall–Kier alpha value is -2.98. The average Bonchev–Trinajstić information content (AvgIpc) is 3.20. The SMILES string of the molecule is Cc1c(C(N)=O)sc2nc(C)n(/N=C3\SCC(=O)N3Cc3ccccc3)c(=O)c12. The van der Waals surface area contributed by atoms with E-state index in [2.05, 4.69) is 10.1 Å². The lowest BCUT2D eigenvalue weighted by atomic mass is 10.2. The maximum Gasteiger partial charge on any atom is 0.283 e. The summed E-state index contributed by atoms with van der Waals surface area (Å²) in [4.78, 5) is 43.8. The number of fused-ring (bicyclic) bond motifs is 1. The summed E-state index contributed by atoms with van der Waals surface area (Å²) in [5, 5.41) is 5.21. The highest BCUT2D eigenvalue weighted by Crippen LogP contribution is 2.27. The van der Waals surface area contributed by atoms with E-state index in [4.69, 9.17) is 5.73 Å². The number of amides is 2. The number of carbonyl (C=O) groups excluding carboxylic acids is 2. The van der Waals surface area contributed by atoms with Crippen LogP contribution in [0, 0.1) is 13.8 Å². The van der Waals surface area contributed by atoms with Crippen LogP contribution in [0.1, 0.15) is 26.6 Å². The van der Waals surface area contributed by atoms with Crippen LogP contribution in [-0.4, -0.2) is 37.3 Å². The number of hydrogen-bond donors (Lipinski definition) is 1. The van der Waals surface area contributed by atoms with Gasteiger partial charge in [-0.2, -0.15) is 4.68 Å². The lowest BCUT2D eigenvalue weighted by Crippen LogP contribution is -2.31. The second kappa shape index (κ2) is 7.45. The van der Waals surface area contributed by atoms with Crippen LogP contribution in [0.5, 0.6) is 0 Å². The summed E-state index contributed by atoms with van der Waals surface area (Å²) in [6.07, 6.45) is 0. The summed E-state index contributed by atoms with van der Waals surface area (Å²) in [6, 6.07) is 9.58. The lowest BCUT2D eigenvalue weighted by molar-refractivity contribution is -0.124. The van der Waals surface area contributed by atoms with Crippen LogP contribution in [0.4, 0.5) is 0 Å². The third-order valence-electron chi connectivity index (χ3n) is 4.55. The summed E-state index contributed by atoms with van der Waals surface area (Å²) in [7, 11) is 0. The van der Waals surface area contributed by atoms with Gasteiger partial charge in [-0.25, -0.2) is 4.98 Å². The third kappa shape index (κ3) is 3.45. The number of primary amides is 1. The van der Waals surface area contributed by atoms with E-state index in [9.17, 15) is 14.4 Å². The van der Waals surface area contributed by atoms with E-state index >= 15 is 0 Å². The number of aromatic nitrogens is 2. The first-order valence-corrected chi connectivity index (χ1v) is 10.6. The fourth-order valence-corrected chi connectivity index (χ4v) is 5.05. The minimum atomic E-state index is -0.591. The number of thioether (sulfide) groups is 1. The maximum atomic E-state index is 13.1. The van der Waals surface area contributed by atoms with E-state index in [1.165, 1.54) is 16.4 Å². The molecule has 4 rings (SSSR count). The van der Waals surface area contributed by atoms with Gasteiger partial charge in [0.05, 0.1) is 22.6 Å². The number of nitrogens with zero attached hydrogens (tertiary/aromatic N) is 4. The van der Waals surface area contributed by atoms with Gasteiger partial charge < -0.3 is 5.73 Å². The number of benzene rings is 1. The molecular formula is C19H17N5O3S2. The van der Waals surface area contributed by atoms with Crippen molar-refractivity contribution in [2.75, 3.05) is 5.75 Å². The van der Waals surface area contributed by atoms with Gasteiger partial charge in [0.2, 0.25) is 5.91 Å². The zero-order chi connectivity index (χ0) is 20.7. The number of hydrogen-bond acceptors (Lipinski definition) is 7. The highest BCUT2D eigenvalue weighted by molar-refractivity contribution is 8.15. The van der Waals surface area contributed by atoms with Crippen molar-refractivity contribution < 1.29 is 9.59 Å². The predicted octanol–water partition coefficient (Wildman–Crippen LogP) is 2.07. The quantitative estimate of drug-likeness (QED) is 0.685. The number of amidine groups is 1. The summed E-state index contributed by atoms with van der Waals surface area (Å²) in [6.45, 7) is 3.70. The minimum absolute atomic E-state index is 0.0694. The van der Waals surface area contributed by atoms with Crippen LogP contribution in [0.2, 0.25) is 0 Å². The largest absolute Gasteiger partial charge is 0.365 e. The van der Waals surface area contributed by atoms with E-state index in [-0.39, 0.29) is 17.2 Å². The molecule has 8 nitrogen and oxygen atoms in total. The van der Waals surface area contributed by atoms with E-state index in [0.29, 0.717) is 38.2 Å². The minimum Gasteiger partial charge on any atom is -0.365 e. The van der Waals surface area contributed by atoms with Crippen molar-refractivity contribution in [3.8, 4) is 0 Å². The van der Waals surface area contributed by atoms with Crippen molar-refractivity contribution in [3.63, 3.8) is 0 Å². The van der Waals surface area contributed by atoms with Crippen molar-refractivity contribution in [3.05, 3.63) is 62.5 Å². The van der Waals surface area contributed by atoms with Crippen LogP contribution in [-0.2, 0) is 11.3 Å². The van der Waals surface area contributed by atoms with Gasteiger partial charge >= 0.3 is 0 Å². The van der Waals surface area contributed by atoms with Crippen LogP contribution < -0.4 is 11.3 Å². The zero-order valence-corrected chi connectivity index (χ0v) is 17.3. The lowest BCUT2D eigenvalue weighted by Gasteiger charge is -2.16. The zero-order valence-electron chi connectivity index (χ0n) is 15.7. The first-order valence-electron chi connectivity index (χ1n) is 8.75. The van der Waals surface area contributed by atoms with Gasteiger partial charge in [-0.15, -0.1) is 16.4 Å². The fourth-order valence-electron chi connectivity index (χ4n) is 3.11. The normalized spacial score (nSPS) is 15.6. The van der Waals surface area contributed by atoms with Crippen LogP contribution >= 0.6 is 23.1 Å². The summed E-state index contributed by atoms with van der Waals surface area (Å²) in [5.41, 5.74) is 6.48. The molecule has 0 bridgehead atoms. The fraction of sp³-hybridized carbons (Fsp3) is 0.211. The molecule has 2 aromatic heterocycles. The average molecular weight is 428 g/mol. The summed E-state index contributed by atoms with van der Waals surface area (Å²) < 4.78 is 1.19. The van der Waals surface area contributed by atoms with Crippen molar-refractivity contribution in [1.29, 1.82) is 0 Å². The molecule has 148 valence electrons. The molecule has 0 atom stereocenters. The van der Waals surface area contributed by atoms with Crippen molar-refractivity contribution in [1.82, 2.24) is 14.6 Å². The van der Waals surface area contributed by atoms with Gasteiger partial charge in [0.25, 0.3) is 11.5 Å². The molecule has 10 heteroatoms. The van der Waals surface area contributed by atoms with Gasteiger partial charge in [0, 0.05) is 0 Å². The highest BCUT2D eigenvalue weighted by atomic mass is 32.2. The van der Waals surface area contributed by atoms with Gasteiger partial charge in [-0.1, -0.05) is 42.1 Å². The third-order valence-corrected chi connectivity index (χ3v) is 6.71. The molecular weight excluding hydrogens is 410 g/mol.